The highest BCUT2D eigenvalue weighted by molar-refractivity contribution is 5.96. The first-order valence-electron chi connectivity index (χ1n) is 11.5. The summed E-state index contributed by atoms with van der Waals surface area (Å²) in [6, 6.07) is 12.3. The van der Waals surface area contributed by atoms with Crippen LogP contribution in [0.3, 0.4) is 0 Å². The molecule has 0 aliphatic carbocycles. The van der Waals surface area contributed by atoms with Gasteiger partial charge in [-0.05, 0) is 62.4 Å². The summed E-state index contributed by atoms with van der Waals surface area (Å²) in [7, 11) is 0. The largest absolute Gasteiger partial charge is 0.489 e. The minimum Gasteiger partial charge on any atom is -0.489 e. The Bertz CT molecular complexity index is 1540. The molecule has 0 radical (unpaired) electrons. The number of carbonyl (C=O) groups is 2. The van der Waals surface area contributed by atoms with Crippen LogP contribution in [0.1, 0.15) is 35.5 Å². The summed E-state index contributed by atoms with van der Waals surface area (Å²) in [5, 5.41) is 14.1. The van der Waals surface area contributed by atoms with Crippen molar-refractivity contribution in [2.24, 2.45) is 5.73 Å². The highest BCUT2D eigenvalue weighted by Crippen LogP contribution is 2.45. The van der Waals surface area contributed by atoms with Crippen LogP contribution >= 0.6 is 0 Å². The number of pyridine rings is 3. The SMILES string of the molecule is C[C@](O)(CNC(=O)c1cnc2cccnc2c1)c1cc2c(c(-c3ccc(F)cc3)n1)OC[C@]2(C)C(N)=O. The van der Waals surface area contributed by atoms with Gasteiger partial charge < -0.3 is 20.9 Å². The molecular formula is C27H24FN5O4. The first-order chi connectivity index (χ1) is 17.6. The average Bonchev–Trinajstić information content (AvgIpc) is 3.25. The van der Waals surface area contributed by atoms with Crippen LogP contribution in [0.15, 0.2) is 60.9 Å². The molecule has 0 fully saturated rings. The van der Waals surface area contributed by atoms with Crippen molar-refractivity contribution in [3.8, 4) is 17.0 Å². The van der Waals surface area contributed by atoms with E-state index in [0.717, 1.165) is 0 Å². The van der Waals surface area contributed by atoms with Gasteiger partial charge in [0.1, 0.15) is 34.9 Å². The number of aromatic nitrogens is 3. The van der Waals surface area contributed by atoms with Gasteiger partial charge in [-0.1, -0.05) is 0 Å². The Labute approximate surface area is 211 Å². The number of hydrogen-bond donors (Lipinski definition) is 3. The van der Waals surface area contributed by atoms with E-state index in [1.54, 1.807) is 37.4 Å². The lowest BCUT2D eigenvalue weighted by Gasteiger charge is -2.26. The number of rotatable bonds is 6. The second-order valence-corrected chi connectivity index (χ2v) is 9.45. The zero-order valence-corrected chi connectivity index (χ0v) is 20.2. The maximum Gasteiger partial charge on any atom is 0.253 e. The molecule has 4 aromatic rings. The number of fused-ring (bicyclic) bond motifs is 2. The van der Waals surface area contributed by atoms with E-state index < -0.39 is 28.6 Å². The van der Waals surface area contributed by atoms with Gasteiger partial charge in [-0.2, -0.15) is 0 Å². The normalized spacial score (nSPS) is 18.1. The fourth-order valence-electron chi connectivity index (χ4n) is 4.19. The Kier molecular flexibility index (Phi) is 5.83. The summed E-state index contributed by atoms with van der Waals surface area (Å²) in [6.45, 7) is 2.94. The number of benzene rings is 1. The molecule has 3 aromatic heterocycles. The van der Waals surface area contributed by atoms with Gasteiger partial charge >= 0.3 is 0 Å². The van der Waals surface area contributed by atoms with Gasteiger partial charge in [0.15, 0.2) is 0 Å². The number of amides is 2. The standard InChI is InChI=1S/C27H24FN5O4/c1-26(25(29)35)14-37-23-18(26)11-21(33-22(23)15-5-7-17(28)8-6-15)27(2,36)13-32-24(34)16-10-20-19(31-12-16)4-3-9-30-20/h3-12,36H,13-14H2,1-2H3,(H2,29,35)(H,32,34)/t26-,27-/m0/s1. The summed E-state index contributed by atoms with van der Waals surface area (Å²) >= 11 is 0. The van der Waals surface area contributed by atoms with Crippen LogP contribution in [0.4, 0.5) is 4.39 Å². The Hall–Kier alpha value is -4.44. The Morgan fingerprint density at radius 1 is 1.19 bits per heavy atom. The van der Waals surface area contributed by atoms with Crippen molar-refractivity contribution in [2.45, 2.75) is 24.9 Å². The van der Waals surface area contributed by atoms with E-state index in [9.17, 15) is 19.1 Å². The molecule has 0 saturated carbocycles. The van der Waals surface area contributed by atoms with Crippen LogP contribution in [-0.2, 0) is 15.8 Å². The zero-order valence-electron chi connectivity index (χ0n) is 20.2. The number of nitrogens with two attached hydrogens (primary N) is 1. The first-order valence-corrected chi connectivity index (χ1v) is 11.5. The fourth-order valence-corrected chi connectivity index (χ4v) is 4.19. The van der Waals surface area contributed by atoms with Gasteiger partial charge in [-0.15, -0.1) is 0 Å². The van der Waals surface area contributed by atoms with Crippen molar-refractivity contribution >= 4 is 22.8 Å². The number of nitrogens with one attached hydrogen (secondary N) is 1. The molecule has 0 spiro atoms. The van der Waals surface area contributed by atoms with Crippen molar-refractivity contribution in [3.05, 3.63) is 83.6 Å². The topological polar surface area (TPSA) is 140 Å². The van der Waals surface area contributed by atoms with Crippen LogP contribution < -0.4 is 15.8 Å². The molecule has 0 saturated heterocycles. The summed E-state index contributed by atoms with van der Waals surface area (Å²) < 4.78 is 19.4. The smallest absolute Gasteiger partial charge is 0.253 e. The minimum atomic E-state index is -1.65. The van der Waals surface area contributed by atoms with Crippen LogP contribution in [-0.4, -0.2) is 45.0 Å². The number of primary amides is 1. The number of nitrogens with zero attached hydrogens (tertiary/aromatic N) is 3. The third kappa shape index (κ3) is 4.36. The Morgan fingerprint density at radius 2 is 1.95 bits per heavy atom. The number of ether oxygens (including phenoxy) is 1. The molecule has 10 heteroatoms. The van der Waals surface area contributed by atoms with E-state index in [1.165, 1.54) is 37.4 Å². The molecule has 4 N–H and O–H groups in total. The average molecular weight is 502 g/mol. The van der Waals surface area contributed by atoms with Crippen molar-refractivity contribution in [3.63, 3.8) is 0 Å². The van der Waals surface area contributed by atoms with Gasteiger partial charge in [0, 0.05) is 23.5 Å². The van der Waals surface area contributed by atoms with E-state index in [-0.39, 0.29) is 24.4 Å². The molecule has 1 aliphatic heterocycles. The molecule has 9 nitrogen and oxygen atoms in total. The molecule has 2 amide bonds. The summed E-state index contributed by atoms with van der Waals surface area (Å²) in [5.41, 5.74) is 5.89. The molecule has 5 rings (SSSR count). The van der Waals surface area contributed by atoms with Crippen molar-refractivity contribution < 1.29 is 23.8 Å². The highest BCUT2D eigenvalue weighted by Gasteiger charge is 2.45. The highest BCUT2D eigenvalue weighted by atomic mass is 19.1. The van der Waals surface area contributed by atoms with E-state index in [2.05, 4.69) is 20.3 Å². The number of hydrogen-bond acceptors (Lipinski definition) is 7. The summed E-state index contributed by atoms with van der Waals surface area (Å²) in [5.74, 6) is -1.14. The van der Waals surface area contributed by atoms with E-state index in [0.29, 0.717) is 33.6 Å². The molecule has 188 valence electrons. The third-order valence-corrected chi connectivity index (χ3v) is 6.59. The van der Waals surface area contributed by atoms with E-state index >= 15 is 0 Å². The van der Waals surface area contributed by atoms with Crippen LogP contribution in [0, 0.1) is 5.82 Å². The second-order valence-electron chi connectivity index (χ2n) is 9.45. The van der Waals surface area contributed by atoms with Crippen LogP contribution in [0.2, 0.25) is 0 Å². The molecule has 0 unspecified atom stereocenters. The molecule has 1 aliphatic rings. The first kappa shape index (κ1) is 24.3. The predicted molar refractivity (Wildman–Crippen MR) is 133 cm³/mol. The number of halogens is 1. The van der Waals surface area contributed by atoms with Gasteiger partial charge in [0.2, 0.25) is 5.91 Å². The van der Waals surface area contributed by atoms with Gasteiger partial charge in [0.05, 0.1) is 28.8 Å². The monoisotopic (exact) mass is 501 g/mol. The molecule has 0 bridgehead atoms. The minimum absolute atomic E-state index is 0.00112. The van der Waals surface area contributed by atoms with Gasteiger partial charge in [-0.3, -0.25) is 19.6 Å². The number of carbonyl (C=O) groups excluding carboxylic acids is 2. The Balaban J connectivity index is 1.49. The Morgan fingerprint density at radius 3 is 2.68 bits per heavy atom. The lowest BCUT2D eigenvalue weighted by atomic mass is 9.82. The second kappa shape index (κ2) is 8.90. The number of aliphatic hydroxyl groups is 1. The van der Waals surface area contributed by atoms with Gasteiger partial charge in [0.25, 0.3) is 5.91 Å². The third-order valence-electron chi connectivity index (χ3n) is 6.59. The predicted octanol–water partition coefficient (Wildman–Crippen LogP) is 2.60. The lowest BCUT2D eigenvalue weighted by molar-refractivity contribution is -0.123. The van der Waals surface area contributed by atoms with E-state index in [1.807, 2.05) is 0 Å². The van der Waals surface area contributed by atoms with Crippen LogP contribution in [0.5, 0.6) is 5.75 Å². The summed E-state index contributed by atoms with van der Waals surface area (Å²) in [4.78, 5) is 38.3. The van der Waals surface area contributed by atoms with Gasteiger partial charge in [-0.25, -0.2) is 9.37 Å². The molecule has 1 aromatic carbocycles. The van der Waals surface area contributed by atoms with Crippen LogP contribution in [0.25, 0.3) is 22.3 Å². The molecule has 4 heterocycles. The van der Waals surface area contributed by atoms with Crippen molar-refractivity contribution in [1.82, 2.24) is 20.3 Å². The molecular weight excluding hydrogens is 477 g/mol. The van der Waals surface area contributed by atoms with Crippen molar-refractivity contribution in [2.75, 3.05) is 13.2 Å². The zero-order chi connectivity index (χ0) is 26.4. The van der Waals surface area contributed by atoms with E-state index in [4.69, 9.17) is 10.5 Å². The fraction of sp³-hybridized carbons (Fsp3) is 0.222. The lowest BCUT2D eigenvalue weighted by Crippen LogP contribution is -2.41. The van der Waals surface area contributed by atoms with Crippen molar-refractivity contribution in [1.29, 1.82) is 0 Å². The quantitative estimate of drug-likeness (QED) is 0.369. The molecule has 37 heavy (non-hydrogen) atoms. The maximum absolute atomic E-state index is 13.6. The molecule has 2 atom stereocenters. The summed E-state index contributed by atoms with van der Waals surface area (Å²) in [6.07, 6.45) is 3.04. The maximum atomic E-state index is 13.6.